The lowest BCUT2D eigenvalue weighted by atomic mass is 9.95. The fourth-order valence-electron chi connectivity index (χ4n) is 3.68. The molecule has 0 aromatic carbocycles. The van der Waals surface area contributed by atoms with Crippen LogP contribution in [-0.2, 0) is 0 Å². The van der Waals surface area contributed by atoms with Crippen molar-refractivity contribution >= 4 is 5.91 Å². The van der Waals surface area contributed by atoms with Gasteiger partial charge in [0, 0.05) is 31.9 Å². The predicted octanol–water partition coefficient (Wildman–Crippen LogP) is 2.56. The summed E-state index contributed by atoms with van der Waals surface area (Å²) in [5, 5.41) is 0. The van der Waals surface area contributed by atoms with E-state index in [-0.39, 0.29) is 5.91 Å². The van der Waals surface area contributed by atoms with Gasteiger partial charge < -0.3 is 4.90 Å². The van der Waals surface area contributed by atoms with E-state index in [2.05, 4.69) is 16.8 Å². The molecular weight excluding hydrogens is 281 g/mol. The van der Waals surface area contributed by atoms with E-state index in [1.54, 1.807) is 0 Å². The van der Waals surface area contributed by atoms with Crippen molar-refractivity contribution in [2.45, 2.75) is 38.6 Å². The molecular formula is C17H24FN3O. The summed E-state index contributed by atoms with van der Waals surface area (Å²) in [6.07, 6.45) is 6.03. The van der Waals surface area contributed by atoms with Crippen LogP contribution in [0.5, 0.6) is 0 Å². The van der Waals surface area contributed by atoms with Crippen LogP contribution in [0.25, 0.3) is 0 Å². The summed E-state index contributed by atoms with van der Waals surface area (Å²) in [4.78, 5) is 20.4. The van der Waals surface area contributed by atoms with Gasteiger partial charge in [0.2, 0.25) is 5.95 Å². The molecule has 1 aromatic rings. The normalized spacial score (nSPS) is 24.5. The van der Waals surface area contributed by atoms with Crippen molar-refractivity contribution in [2.24, 2.45) is 5.92 Å². The monoisotopic (exact) mass is 305 g/mol. The van der Waals surface area contributed by atoms with Crippen molar-refractivity contribution in [3.63, 3.8) is 0 Å². The topological polar surface area (TPSA) is 36.4 Å². The third kappa shape index (κ3) is 3.46. The fraction of sp³-hybridized carbons (Fsp3) is 0.647. The van der Waals surface area contributed by atoms with E-state index in [0.717, 1.165) is 31.8 Å². The Bertz CT molecular complexity index is 511. The molecule has 0 bridgehead atoms. The molecule has 1 amide bonds. The zero-order valence-corrected chi connectivity index (χ0v) is 13.2. The van der Waals surface area contributed by atoms with Crippen LogP contribution in [0.15, 0.2) is 18.3 Å². The summed E-state index contributed by atoms with van der Waals surface area (Å²) in [5.74, 6) is 0.214. The Morgan fingerprint density at radius 3 is 2.64 bits per heavy atom. The van der Waals surface area contributed by atoms with Crippen LogP contribution in [0, 0.1) is 11.9 Å². The molecule has 1 aromatic heterocycles. The van der Waals surface area contributed by atoms with Gasteiger partial charge in [-0.25, -0.2) is 4.98 Å². The number of likely N-dealkylation sites (tertiary alicyclic amines) is 2. The predicted molar refractivity (Wildman–Crippen MR) is 83.1 cm³/mol. The molecule has 2 aliphatic rings. The summed E-state index contributed by atoms with van der Waals surface area (Å²) in [7, 11) is 0. The molecule has 0 aliphatic carbocycles. The molecule has 22 heavy (non-hydrogen) atoms. The maximum atomic E-state index is 12.8. The lowest BCUT2D eigenvalue weighted by Gasteiger charge is -2.41. The first kappa shape index (κ1) is 15.4. The van der Waals surface area contributed by atoms with E-state index in [1.165, 1.54) is 44.3 Å². The molecule has 0 unspecified atom stereocenters. The van der Waals surface area contributed by atoms with Crippen molar-refractivity contribution in [1.29, 1.82) is 0 Å². The highest BCUT2D eigenvalue weighted by Gasteiger charge is 2.29. The number of amides is 1. The van der Waals surface area contributed by atoms with Crippen LogP contribution >= 0.6 is 0 Å². The summed E-state index contributed by atoms with van der Waals surface area (Å²) in [6, 6.07) is 3.37. The fourth-order valence-corrected chi connectivity index (χ4v) is 3.68. The highest BCUT2D eigenvalue weighted by Crippen LogP contribution is 2.24. The Hall–Kier alpha value is -1.49. The molecule has 0 spiro atoms. The van der Waals surface area contributed by atoms with Crippen LogP contribution in [0.1, 0.15) is 43.0 Å². The van der Waals surface area contributed by atoms with Gasteiger partial charge in [-0.3, -0.25) is 9.69 Å². The Balaban J connectivity index is 1.55. The average molecular weight is 305 g/mol. The molecule has 5 heteroatoms. The SMILES string of the molecule is C[C@@H]1CCCN(C2CCN(C(=O)c3ccc(F)nc3)CC2)C1. The average Bonchev–Trinajstić information content (AvgIpc) is 2.55. The molecule has 4 nitrogen and oxygen atoms in total. The standard InChI is InChI=1S/C17H24FN3O/c1-13-3-2-8-21(12-13)15-6-9-20(10-7-15)17(22)14-4-5-16(18)19-11-14/h4-5,11,13,15H,2-3,6-10,12H2,1H3/t13-/m1/s1. The van der Waals surface area contributed by atoms with Gasteiger partial charge in [-0.2, -0.15) is 4.39 Å². The van der Waals surface area contributed by atoms with Gasteiger partial charge in [-0.05, 0) is 50.3 Å². The Kier molecular flexibility index (Phi) is 4.71. The number of halogens is 1. The van der Waals surface area contributed by atoms with Crippen molar-refractivity contribution < 1.29 is 9.18 Å². The number of hydrogen-bond donors (Lipinski definition) is 0. The lowest BCUT2D eigenvalue weighted by Crippen LogP contribution is -2.49. The zero-order chi connectivity index (χ0) is 15.5. The van der Waals surface area contributed by atoms with Gasteiger partial charge >= 0.3 is 0 Å². The third-order valence-corrected chi connectivity index (χ3v) is 4.93. The molecule has 0 saturated carbocycles. The van der Waals surface area contributed by atoms with E-state index in [0.29, 0.717) is 11.6 Å². The summed E-state index contributed by atoms with van der Waals surface area (Å²) >= 11 is 0. The number of rotatable bonds is 2. The van der Waals surface area contributed by atoms with Gasteiger partial charge in [-0.15, -0.1) is 0 Å². The van der Waals surface area contributed by atoms with Gasteiger partial charge in [0.1, 0.15) is 0 Å². The zero-order valence-electron chi connectivity index (χ0n) is 13.2. The molecule has 2 fully saturated rings. The van der Waals surface area contributed by atoms with Gasteiger partial charge in [-0.1, -0.05) is 6.92 Å². The van der Waals surface area contributed by atoms with E-state index >= 15 is 0 Å². The second-order valence-electron chi connectivity index (χ2n) is 6.64. The summed E-state index contributed by atoms with van der Waals surface area (Å²) in [5.41, 5.74) is 0.478. The van der Waals surface area contributed by atoms with Crippen molar-refractivity contribution in [3.05, 3.63) is 29.8 Å². The van der Waals surface area contributed by atoms with Gasteiger partial charge in [0.25, 0.3) is 5.91 Å². The first-order valence-corrected chi connectivity index (χ1v) is 8.28. The smallest absolute Gasteiger partial charge is 0.255 e. The molecule has 3 rings (SSSR count). The molecule has 120 valence electrons. The number of nitrogens with zero attached hydrogens (tertiary/aromatic N) is 3. The van der Waals surface area contributed by atoms with Crippen molar-refractivity contribution in [1.82, 2.24) is 14.8 Å². The van der Waals surface area contributed by atoms with Crippen molar-refractivity contribution in [2.75, 3.05) is 26.2 Å². The van der Waals surface area contributed by atoms with Crippen LogP contribution in [0.3, 0.4) is 0 Å². The lowest BCUT2D eigenvalue weighted by molar-refractivity contribution is 0.0541. The van der Waals surface area contributed by atoms with Crippen LogP contribution in [-0.4, -0.2) is 52.9 Å². The second-order valence-corrected chi connectivity index (χ2v) is 6.64. The van der Waals surface area contributed by atoms with Crippen LogP contribution in [0.4, 0.5) is 4.39 Å². The third-order valence-electron chi connectivity index (χ3n) is 4.93. The minimum absolute atomic E-state index is 0.0297. The maximum Gasteiger partial charge on any atom is 0.255 e. The van der Waals surface area contributed by atoms with E-state index in [4.69, 9.17) is 0 Å². The minimum atomic E-state index is -0.547. The largest absolute Gasteiger partial charge is 0.338 e. The molecule has 1 atom stereocenters. The summed E-state index contributed by atoms with van der Waals surface area (Å²) in [6.45, 7) is 6.29. The molecule has 0 N–H and O–H groups in total. The highest BCUT2D eigenvalue weighted by atomic mass is 19.1. The first-order chi connectivity index (χ1) is 10.6. The number of pyridine rings is 1. The Morgan fingerprint density at radius 1 is 1.23 bits per heavy atom. The number of carbonyl (C=O) groups is 1. The quantitative estimate of drug-likeness (QED) is 0.788. The maximum absolute atomic E-state index is 12.8. The van der Waals surface area contributed by atoms with Gasteiger partial charge in [0.05, 0.1) is 5.56 Å². The molecule has 2 saturated heterocycles. The second kappa shape index (κ2) is 6.73. The number of hydrogen-bond acceptors (Lipinski definition) is 3. The Morgan fingerprint density at radius 2 is 2.00 bits per heavy atom. The number of aromatic nitrogens is 1. The van der Waals surface area contributed by atoms with Crippen LogP contribution in [0.2, 0.25) is 0 Å². The van der Waals surface area contributed by atoms with Crippen molar-refractivity contribution in [3.8, 4) is 0 Å². The minimum Gasteiger partial charge on any atom is -0.338 e. The summed E-state index contributed by atoms with van der Waals surface area (Å²) < 4.78 is 12.8. The van der Waals surface area contributed by atoms with E-state index < -0.39 is 5.95 Å². The first-order valence-electron chi connectivity index (χ1n) is 8.28. The Labute approximate surface area is 131 Å². The highest BCUT2D eigenvalue weighted by molar-refractivity contribution is 5.93. The number of piperidine rings is 2. The molecule has 3 heterocycles. The van der Waals surface area contributed by atoms with Gasteiger partial charge in [0.15, 0.2) is 0 Å². The number of carbonyl (C=O) groups excluding carboxylic acids is 1. The molecule has 2 aliphatic heterocycles. The molecule has 0 radical (unpaired) electrons. The van der Waals surface area contributed by atoms with E-state index in [1.807, 2.05) is 4.90 Å². The van der Waals surface area contributed by atoms with Crippen LogP contribution < -0.4 is 0 Å². The van der Waals surface area contributed by atoms with E-state index in [9.17, 15) is 9.18 Å².